The minimum absolute atomic E-state index is 0. The van der Waals surface area contributed by atoms with Crippen LogP contribution in [0.1, 0.15) is 48.9 Å². The quantitative estimate of drug-likeness (QED) is 0.195. The zero-order chi connectivity index (χ0) is 24.5. The van der Waals surface area contributed by atoms with Crippen molar-refractivity contribution in [1.82, 2.24) is 15.0 Å². The summed E-state index contributed by atoms with van der Waals surface area (Å²) in [4.78, 5) is 4.81. The number of nitrogens with zero attached hydrogens (tertiary/aromatic N) is 3. The number of benzene rings is 2. The fraction of sp³-hybridized carbons (Fsp3) is 0.500. The zero-order valence-corrected chi connectivity index (χ0v) is 24.8. The Labute approximate surface area is 242 Å². The lowest BCUT2D eigenvalue weighted by Crippen LogP contribution is -2.33. The molecule has 0 N–H and O–H groups in total. The Morgan fingerprint density at radius 3 is 2.55 bits per heavy atom. The number of piperidine rings is 1. The van der Waals surface area contributed by atoms with E-state index in [1.807, 2.05) is 11.3 Å². The van der Waals surface area contributed by atoms with Gasteiger partial charge in [-0.15, -0.1) is 36.2 Å². The van der Waals surface area contributed by atoms with Crippen molar-refractivity contribution in [3.63, 3.8) is 0 Å². The van der Waals surface area contributed by atoms with Crippen LogP contribution in [0.4, 0.5) is 0 Å². The van der Waals surface area contributed by atoms with Gasteiger partial charge in [0.15, 0.2) is 5.58 Å². The molecule has 206 valence electrons. The maximum Gasteiger partial charge on any atom is 0.175 e. The number of aryl methyl sites for hydroxylation is 1. The number of halogens is 2. The van der Waals surface area contributed by atoms with E-state index in [0.29, 0.717) is 0 Å². The Morgan fingerprint density at radius 2 is 1.79 bits per heavy atom. The molecule has 8 heteroatoms. The number of aromatic nitrogens is 1. The molecule has 5 nitrogen and oxygen atoms in total. The molecule has 0 unspecified atom stereocenters. The third kappa shape index (κ3) is 6.65. The molecular weight excluding hydrogens is 537 g/mol. The Kier molecular flexibility index (Phi) is 9.99. The van der Waals surface area contributed by atoms with E-state index < -0.39 is 0 Å². The van der Waals surface area contributed by atoms with Gasteiger partial charge in [0.1, 0.15) is 5.75 Å². The van der Waals surface area contributed by atoms with Crippen molar-refractivity contribution in [2.24, 2.45) is 11.8 Å². The molecule has 3 heterocycles. The molecular formula is C30H39Cl2N3O2S. The summed E-state index contributed by atoms with van der Waals surface area (Å²) in [6, 6.07) is 13.1. The van der Waals surface area contributed by atoms with Gasteiger partial charge in [0.05, 0.1) is 17.9 Å². The highest BCUT2D eigenvalue weighted by Crippen LogP contribution is 2.35. The Hall–Kier alpha value is -1.83. The van der Waals surface area contributed by atoms with Crippen molar-refractivity contribution in [1.29, 1.82) is 0 Å². The van der Waals surface area contributed by atoms with Crippen molar-refractivity contribution in [3.8, 4) is 5.75 Å². The average Bonchev–Trinajstić information content (AvgIpc) is 3.49. The first-order valence-electron chi connectivity index (χ1n) is 13.5. The summed E-state index contributed by atoms with van der Waals surface area (Å²) in [5.41, 5.74) is 4.62. The molecule has 0 atom stereocenters. The monoisotopic (exact) mass is 575 g/mol. The number of hydrogen-bond donors (Lipinski definition) is 0. The minimum Gasteiger partial charge on any atom is -0.493 e. The first kappa shape index (κ1) is 29.2. The van der Waals surface area contributed by atoms with Crippen LogP contribution in [0.25, 0.3) is 21.1 Å². The minimum atomic E-state index is 0. The van der Waals surface area contributed by atoms with E-state index >= 15 is 0 Å². The van der Waals surface area contributed by atoms with Crippen LogP contribution >= 0.6 is 36.2 Å². The van der Waals surface area contributed by atoms with E-state index in [0.717, 1.165) is 65.9 Å². The summed E-state index contributed by atoms with van der Waals surface area (Å²) in [6.45, 7) is 5.05. The summed E-state index contributed by atoms with van der Waals surface area (Å²) >= 11 is 1.87. The largest absolute Gasteiger partial charge is 0.493 e. The molecule has 6 rings (SSSR count). The van der Waals surface area contributed by atoms with E-state index in [2.05, 4.69) is 70.8 Å². The lowest BCUT2D eigenvalue weighted by molar-refractivity contribution is 0.173. The number of thiophene rings is 1. The van der Waals surface area contributed by atoms with E-state index in [9.17, 15) is 0 Å². The van der Waals surface area contributed by atoms with Crippen LogP contribution in [-0.4, -0.2) is 48.7 Å². The van der Waals surface area contributed by atoms with Crippen molar-refractivity contribution in [2.75, 3.05) is 33.8 Å². The molecule has 0 spiro atoms. The van der Waals surface area contributed by atoms with Crippen LogP contribution in [0.3, 0.4) is 0 Å². The first-order chi connectivity index (χ1) is 17.6. The van der Waals surface area contributed by atoms with E-state index in [1.54, 1.807) is 0 Å². The average molecular weight is 577 g/mol. The fourth-order valence-corrected chi connectivity index (χ4v) is 6.49. The number of fused-ring (bicyclic) bond motifs is 2. The normalized spacial score (nSPS) is 16.6. The van der Waals surface area contributed by atoms with Crippen LogP contribution in [0.5, 0.6) is 5.75 Å². The molecule has 2 aliphatic rings. The zero-order valence-electron chi connectivity index (χ0n) is 22.4. The molecule has 0 radical (unpaired) electrons. The lowest BCUT2D eigenvalue weighted by atomic mass is 9.91. The first-order valence-corrected chi connectivity index (χ1v) is 14.4. The van der Waals surface area contributed by atoms with Crippen LogP contribution in [0.15, 0.2) is 46.3 Å². The van der Waals surface area contributed by atoms with Crippen molar-refractivity contribution >= 4 is 57.2 Å². The Bertz CT molecular complexity index is 1330. The molecule has 0 amide bonds. The highest BCUT2D eigenvalue weighted by atomic mass is 35.5. The van der Waals surface area contributed by atoms with E-state index in [1.165, 1.54) is 60.8 Å². The summed E-state index contributed by atoms with van der Waals surface area (Å²) in [5.74, 6) is 2.44. The van der Waals surface area contributed by atoms with Crippen LogP contribution in [0, 0.1) is 11.8 Å². The summed E-state index contributed by atoms with van der Waals surface area (Å²) in [6.07, 6.45) is 7.28. The molecule has 1 saturated carbocycles. The van der Waals surface area contributed by atoms with E-state index in [-0.39, 0.29) is 24.8 Å². The van der Waals surface area contributed by atoms with Crippen molar-refractivity contribution in [3.05, 3.63) is 58.6 Å². The van der Waals surface area contributed by atoms with Gasteiger partial charge in [-0.1, -0.05) is 23.4 Å². The SMILES string of the molecule is CN(C)Cc1c(OCC2CC2)ccc2c(CCC3CCN(Cc4csc5ccccc45)CC3)noc12.Cl.Cl. The number of rotatable bonds is 10. The van der Waals surface area contributed by atoms with E-state index in [4.69, 9.17) is 9.26 Å². The van der Waals surface area contributed by atoms with Crippen LogP contribution < -0.4 is 4.74 Å². The second-order valence-corrected chi connectivity index (χ2v) is 12.0. The molecule has 0 bridgehead atoms. The predicted octanol–water partition coefficient (Wildman–Crippen LogP) is 7.58. The second kappa shape index (κ2) is 13.0. The van der Waals surface area contributed by atoms with Gasteiger partial charge in [-0.05, 0) is 112 Å². The molecule has 1 saturated heterocycles. The summed E-state index contributed by atoms with van der Waals surface area (Å²) in [5, 5.41) is 9.47. The number of likely N-dealkylation sites (tertiary alicyclic amines) is 1. The second-order valence-electron chi connectivity index (χ2n) is 11.1. The van der Waals surface area contributed by atoms with Gasteiger partial charge in [-0.25, -0.2) is 0 Å². The maximum absolute atomic E-state index is 6.19. The third-order valence-electron chi connectivity index (χ3n) is 7.87. The standard InChI is InChI=1S/C30H37N3O2S.2ClH/c1-32(2)18-26-28(34-19-22-7-8-22)12-10-25-27(31-35-30(25)26)11-9-21-13-15-33(16-14-21)17-23-20-36-29-6-4-3-5-24(23)29;;/h3-6,10,12,20-22H,7-9,11,13-19H2,1-2H3;2*1H. The lowest BCUT2D eigenvalue weighted by Gasteiger charge is -2.31. The van der Waals surface area contributed by atoms with Crippen LogP contribution in [-0.2, 0) is 19.5 Å². The van der Waals surface area contributed by atoms with Crippen LogP contribution in [0.2, 0.25) is 0 Å². The Balaban J connectivity index is 0.00000168. The van der Waals surface area contributed by atoms with Gasteiger partial charge < -0.3 is 14.2 Å². The Morgan fingerprint density at radius 1 is 1.00 bits per heavy atom. The molecule has 1 aliphatic carbocycles. The van der Waals surface area contributed by atoms with Gasteiger partial charge >= 0.3 is 0 Å². The van der Waals surface area contributed by atoms with Gasteiger partial charge in [-0.2, -0.15) is 0 Å². The molecule has 2 aromatic carbocycles. The molecule has 38 heavy (non-hydrogen) atoms. The smallest absolute Gasteiger partial charge is 0.175 e. The molecule has 4 aromatic rings. The van der Waals surface area contributed by atoms with Gasteiger partial charge in [0.2, 0.25) is 0 Å². The summed E-state index contributed by atoms with van der Waals surface area (Å²) < 4.78 is 13.5. The summed E-state index contributed by atoms with van der Waals surface area (Å²) in [7, 11) is 4.18. The molecule has 2 fully saturated rings. The number of hydrogen-bond acceptors (Lipinski definition) is 6. The van der Waals surface area contributed by atoms with Gasteiger partial charge in [-0.3, -0.25) is 4.90 Å². The highest BCUT2D eigenvalue weighted by molar-refractivity contribution is 7.17. The molecule has 2 aromatic heterocycles. The van der Waals surface area contributed by atoms with Gasteiger partial charge in [0.25, 0.3) is 0 Å². The maximum atomic E-state index is 6.19. The predicted molar refractivity (Wildman–Crippen MR) is 162 cm³/mol. The molecule has 1 aliphatic heterocycles. The number of ether oxygens (including phenoxy) is 1. The highest BCUT2D eigenvalue weighted by Gasteiger charge is 2.25. The third-order valence-corrected chi connectivity index (χ3v) is 8.89. The fourth-order valence-electron chi connectivity index (χ4n) is 5.54. The van der Waals surface area contributed by atoms with Gasteiger partial charge in [0, 0.05) is 23.2 Å². The topological polar surface area (TPSA) is 41.7 Å². The van der Waals surface area contributed by atoms with Crippen molar-refractivity contribution < 1.29 is 9.26 Å². The van der Waals surface area contributed by atoms with Crippen molar-refractivity contribution in [2.45, 2.75) is 51.6 Å².